The molecule has 6 heteroatoms. The molecule has 0 amide bonds. The topological polar surface area (TPSA) is 86.3 Å². The summed E-state index contributed by atoms with van der Waals surface area (Å²) < 4.78 is 0. The van der Waals surface area contributed by atoms with Crippen molar-refractivity contribution in [1.82, 2.24) is 9.97 Å². The van der Waals surface area contributed by atoms with Crippen LogP contribution in [0.15, 0.2) is 17.2 Å². The predicted molar refractivity (Wildman–Crippen MR) is 62.0 cm³/mol. The minimum absolute atomic E-state index is 0.0577. The van der Waals surface area contributed by atoms with Crippen LogP contribution in [0.1, 0.15) is 19.8 Å². The zero-order valence-corrected chi connectivity index (χ0v) is 9.59. The van der Waals surface area contributed by atoms with Crippen molar-refractivity contribution < 1.29 is 9.90 Å². The third-order valence-corrected chi connectivity index (χ3v) is 3.14. The van der Waals surface area contributed by atoms with E-state index < -0.39 is 12.0 Å². The van der Waals surface area contributed by atoms with Gasteiger partial charge in [-0.3, -0.25) is 4.79 Å². The predicted octanol–water partition coefficient (Wildman–Crippen LogP) is 0.459. The molecule has 1 saturated heterocycles. The lowest BCUT2D eigenvalue weighted by molar-refractivity contribution is -0.140. The Bertz CT molecular complexity index is 471. The lowest BCUT2D eigenvalue weighted by atomic mass is 9.91. The summed E-state index contributed by atoms with van der Waals surface area (Å²) in [4.78, 5) is 30.7. The van der Waals surface area contributed by atoms with E-state index in [4.69, 9.17) is 0 Å². The Morgan fingerprint density at radius 3 is 3.06 bits per heavy atom. The van der Waals surface area contributed by atoms with Gasteiger partial charge in [-0.25, -0.2) is 9.78 Å². The van der Waals surface area contributed by atoms with Gasteiger partial charge in [0, 0.05) is 12.6 Å². The van der Waals surface area contributed by atoms with Crippen molar-refractivity contribution in [3.63, 3.8) is 0 Å². The Morgan fingerprint density at radius 1 is 1.65 bits per heavy atom. The van der Waals surface area contributed by atoms with Crippen LogP contribution in [0.4, 0.5) is 5.82 Å². The molecule has 1 aromatic rings. The van der Waals surface area contributed by atoms with Crippen LogP contribution in [0.5, 0.6) is 0 Å². The second kappa shape index (κ2) is 4.57. The maximum Gasteiger partial charge on any atom is 0.326 e. The van der Waals surface area contributed by atoms with E-state index in [0.29, 0.717) is 12.4 Å². The molecule has 2 unspecified atom stereocenters. The van der Waals surface area contributed by atoms with Gasteiger partial charge in [-0.15, -0.1) is 0 Å². The number of carboxylic acids is 1. The Hall–Kier alpha value is -1.85. The van der Waals surface area contributed by atoms with E-state index in [1.54, 1.807) is 4.90 Å². The molecule has 1 aliphatic rings. The molecule has 2 rings (SSSR count). The zero-order chi connectivity index (χ0) is 12.4. The van der Waals surface area contributed by atoms with E-state index >= 15 is 0 Å². The van der Waals surface area contributed by atoms with Crippen LogP contribution in [-0.4, -0.2) is 33.6 Å². The molecule has 1 fully saturated rings. The number of aromatic nitrogens is 2. The summed E-state index contributed by atoms with van der Waals surface area (Å²) in [5.74, 6) is -0.366. The van der Waals surface area contributed by atoms with Crippen LogP contribution in [0.3, 0.4) is 0 Å². The molecular formula is C11H15N3O3. The highest BCUT2D eigenvalue weighted by Gasteiger charge is 2.34. The van der Waals surface area contributed by atoms with Gasteiger partial charge in [0.1, 0.15) is 11.9 Å². The number of carbonyl (C=O) groups is 1. The molecular weight excluding hydrogens is 222 g/mol. The number of piperidine rings is 1. The van der Waals surface area contributed by atoms with Gasteiger partial charge < -0.3 is 15.0 Å². The van der Waals surface area contributed by atoms with Gasteiger partial charge in [-0.2, -0.15) is 0 Å². The monoisotopic (exact) mass is 237 g/mol. The molecule has 0 bridgehead atoms. The number of carboxylic acid groups (broad SMARTS) is 1. The van der Waals surface area contributed by atoms with E-state index in [0.717, 1.165) is 12.8 Å². The summed E-state index contributed by atoms with van der Waals surface area (Å²) in [6, 6.07) is 0.742. The van der Waals surface area contributed by atoms with Crippen LogP contribution in [-0.2, 0) is 4.79 Å². The van der Waals surface area contributed by atoms with Crippen molar-refractivity contribution in [2.75, 3.05) is 11.4 Å². The maximum absolute atomic E-state index is 11.3. The van der Waals surface area contributed by atoms with Crippen molar-refractivity contribution in [2.24, 2.45) is 5.92 Å². The van der Waals surface area contributed by atoms with Gasteiger partial charge in [-0.05, 0) is 18.8 Å². The average molecular weight is 237 g/mol. The van der Waals surface area contributed by atoms with Gasteiger partial charge in [0.15, 0.2) is 0 Å². The van der Waals surface area contributed by atoms with Gasteiger partial charge in [0.25, 0.3) is 5.56 Å². The molecule has 0 spiro atoms. The number of anilines is 1. The van der Waals surface area contributed by atoms with Crippen molar-refractivity contribution in [3.8, 4) is 0 Å². The fraction of sp³-hybridized carbons (Fsp3) is 0.545. The van der Waals surface area contributed by atoms with Crippen LogP contribution in [0, 0.1) is 5.92 Å². The number of H-pyrrole nitrogens is 1. The van der Waals surface area contributed by atoms with Crippen molar-refractivity contribution in [1.29, 1.82) is 0 Å². The number of nitrogens with zero attached hydrogens (tertiary/aromatic N) is 2. The summed E-state index contributed by atoms with van der Waals surface area (Å²) in [7, 11) is 0. The van der Waals surface area contributed by atoms with Crippen molar-refractivity contribution >= 4 is 11.8 Å². The van der Waals surface area contributed by atoms with E-state index in [1.165, 1.54) is 12.4 Å². The standard InChI is InChI=1S/C11H15N3O3/c1-7-3-2-4-14(10(7)11(16)17)8-5-9(15)13-6-12-8/h5-7,10H,2-4H2,1H3,(H,16,17)(H,12,13,15). The zero-order valence-electron chi connectivity index (χ0n) is 9.59. The van der Waals surface area contributed by atoms with Gasteiger partial charge in [0.05, 0.1) is 6.33 Å². The Labute approximate surface area is 98.3 Å². The molecule has 1 aliphatic heterocycles. The van der Waals surface area contributed by atoms with Crippen LogP contribution in [0.25, 0.3) is 0 Å². The third kappa shape index (κ3) is 2.30. The van der Waals surface area contributed by atoms with Crippen LogP contribution >= 0.6 is 0 Å². The Morgan fingerprint density at radius 2 is 2.41 bits per heavy atom. The lowest BCUT2D eigenvalue weighted by Crippen LogP contribution is -2.50. The first kappa shape index (κ1) is 11.6. The van der Waals surface area contributed by atoms with E-state index in [2.05, 4.69) is 9.97 Å². The first-order chi connectivity index (χ1) is 8.09. The Balaban J connectivity index is 2.34. The molecule has 1 aromatic heterocycles. The number of aromatic amines is 1. The largest absolute Gasteiger partial charge is 0.480 e. The highest BCUT2D eigenvalue weighted by Crippen LogP contribution is 2.26. The molecule has 92 valence electrons. The third-order valence-electron chi connectivity index (χ3n) is 3.14. The van der Waals surface area contributed by atoms with Crippen molar-refractivity contribution in [2.45, 2.75) is 25.8 Å². The normalized spacial score (nSPS) is 24.6. The first-order valence-corrected chi connectivity index (χ1v) is 5.64. The first-order valence-electron chi connectivity index (χ1n) is 5.64. The number of hydrogen-bond acceptors (Lipinski definition) is 4. The second-order valence-corrected chi connectivity index (χ2v) is 4.37. The van der Waals surface area contributed by atoms with Gasteiger partial charge >= 0.3 is 5.97 Å². The summed E-state index contributed by atoms with van der Waals surface area (Å²) in [6.45, 7) is 2.54. The minimum atomic E-state index is -0.862. The summed E-state index contributed by atoms with van der Waals surface area (Å²) >= 11 is 0. The average Bonchev–Trinajstić information content (AvgIpc) is 2.28. The lowest BCUT2D eigenvalue weighted by Gasteiger charge is -2.37. The maximum atomic E-state index is 11.3. The summed E-state index contributed by atoms with van der Waals surface area (Å²) in [5.41, 5.74) is -0.266. The molecule has 0 saturated carbocycles. The molecule has 2 atom stereocenters. The molecule has 0 aromatic carbocycles. The molecule has 2 heterocycles. The second-order valence-electron chi connectivity index (χ2n) is 4.37. The summed E-state index contributed by atoms with van der Waals surface area (Å²) in [6.07, 6.45) is 3.10. The highest BCUT2D eigenvalue weighted by atomic mass is 16.4. The molecule has 17 heavy (non-hydrogen) atoms. The van der Waals surface area contributed by atoms with Gasteiger partial charge in [-0.1, -0.05) is 6.92 Å². The van der Waals surface area contributed by atoms with Crippen LogP contribution in [0.2, 0.25) is 0 Å². The van der Waals surface area contributed by atoms with E-state index in [9.17, 15) is 14.7 Å². The highest BCUT2D eigenvalue weighted by molar-refractivity contribution is 5.78. The number of hydrogen-bond donors (Lipinski definition) is 2. The fourth-order valence-corrected chi connectivity index (χ4v) is 2.34. The molecule has 0 radical (unpaired) electrons. The SMILES string of the molecule is CC1CCCN(c2cc(=O)[nH]cn2)C1C(=O)O. The smallest absolute Gasteiger partial charge is 0.326 e. The molecule has 6 nitrogen and oxygen atoms in total. The van der Waals surface area contributed by atoms with Crippen LogP contribution < -0.4 is 10.5 Å². The number of rotatable bonds is 2. The number of aliphatic carboxylic acids is 1. The van der Waals surface area contributed by atoms with E-state index in [-0.39, 0.29) is 11.5 Å². The van der Waals surface area contributed by atoms with E-state index in [1.807, 2.05) is 6.92 Å². The summed E-state index contributed by atoms with van der Waals surface area (Å²) in [5, 5.41) is 9.25. The van der Waals surface area contributed by atoms with Gasteiger partial charge in [0.2, 0.25) is 0 Å². The quantitative estimate of drug-likeness (QED) is 0.780. The van der Waals surface area contributed by atoms with Crippen molar-refractivity contribution in [3.05, 3.63) is 22.7 Å². The minimum Gasteiger partial charge on any atom is -0.480 e. The molecule has 2 N–H and O–H groups in total. The number of nitrogens with one attached hydrogen (secondary N) is 1. The fourth-order valence-electron chi connectivity index (χ4n) is 2.34. The molecule has 0 aliphatic carbocycles. The Kier molecular flexibility index (Phi) is 3.12.